The zero-order chi connectivity index (χ0) is 13.1. The quantitative estimate of drug-likeness (QED) is 0.564. The summed E-state index contributed by atoms with van der Waals surface area (Å²) in [5.41, 5.74) is 6.68. The molecule has 0 fully saturated rings. The Bertz CT molecular complexity index is 666. The van der Waals surface area contributed by atoms with Gasteiger partial charge < -0.3 is 0 Å². The van der Waals surface area contributed by atoms with Crippen molar-refractivity contribution in [2.24, 2.45) is 5.84 Å². The zero-order valence-electron chi connectivity index (χ0n) is 10.3. The summed E-state index contributed by atoms with van der Waals surface area (Å²) >= 11 is 1.60. The number of hydrazine groups is 1. The van der Waals surface area contributed by atoms with Crippen LogP contribution in [-0.2, 0) is 6.42 Å². The van der Waals surface area contributed by atoms with Gasteiger partial charge in [0.2, 0.25) is 0 Å². The molecule has 3 aromatic rings. The standard InChI is InChI=1S/C14H14N4S/c15-18-13(14-8-16-9-19-14)7-11-6-5-10-3-1-2-4-12(10)17-11/h1-6,8-9,13,18H,7,15H2. The number of aromatic nitrogens is 2. The molecule has 0 saturated carbocycles. The van der Waals surface area contributed by atoms with E-state index >= 15 is 0 Å². The number of fused-ring (bicyclic) bond motifs is 1. The summed E-state index contributed by atoms with van der Waals surface area (Å²) in [5, 5.41) is 1.15. The fourth-order valence-corrected chi connectivity index (χ4v) is 2.75. The lowest BCUT2D eigenvalue weighted by Gasteiger charge is -2.13. The van der Waals surface area contributed by atoms with Crippen LogP contribution in [0.15, 0.2) is 48.1 Å². The largest absolute Gasteiger partial charge is 0.271 e. The minimum absolute atomic E-state index is 0.0566. The number of hydrogen-bond donors (Lipinski definition) is 2. The van der Waals surface area contributed by atoms with Crippen LogP contribution in [0.2, 0.25) is 0 Å². The third-order valence-electron chi connectivity index (χ3n) is 3.07. The second-order valence-corrected chi connectivity index (χ2v) is 5.24. The van der Waals surface area contributed by atoms with Gasteiger partial charge in [-0.25, -0.2) is 0 Å². The first-order chi connectivity index (χ1) is 9.36. The maximum atomic E-state index is 5.63. The molecule has 96 valence electrons. The van der Waals surface area contributed by atoms with E-state index in [9.17, 15) is 0 Å². The lowest BCUT2D eigenvalue weighted by Crippen LogP contribution is -2.29. The van der Waals surface area contributed by atoms with Gasteiger partial charge >= 0.3 is 0 Å². The van der Waals surface area contributed by atoms with Gasteiger partial charge in [0.1, 0.15) is 0 Å². The molecule has 0 aliphatic rings. The monoisotopic (exact) mass is 270 g/mol. The first kappa shape index (κ1) is 12.2. The van der Waals surface area contributed by atoms with Gasteiger partial charge in [0.05, 0.1) is 17.1 Å². The van der Waals surface area contributed by atoms with Crippen LogP contribution in [0.3, 0.4) is 0 Å². The second kappa shape index (κ2) is 5.44. The van der Waals surface area contributed by atoms with Gasteiger partial charge in [-0.15, -0.1) is 11.3 Å². The molecule has 4 nitrogen and oxygen atoms in total. The number of thiazole rings is 1. The van der Waals surface area contributed by atoms with Crippen molar-refractivity contribution in [2.45, 2.75) is 12.5 Å². The highest BCUT2D eigenvalue weighted by molar-refractivity contribution is 7.09. The van der Waals surface area contributed by atoms with Gasteiger partial charge in [-0.05, 0) is 12.1 Å². The lowest BCUT2D eigenvalue weighted by molar-refractivity contribution is 0.554. The van der Waals surface area contributed by atoms with Crippen molar-refractivity contribution in [1.82, 2.24) is 15.4 Å². The fraction of sp³-hybridized carbons (Fsp3) is 0.143. The smallest absolute Gasteiger partial charge is 0.0794 e. The molecular weight excluding hydrogens is 256 g/mol. The number of benzene rings is 1. The Morgan fingerprint density at radius 2 is 2.11 bits per heavy atom. The normalized spacial score (nSPS) is 12.7. The molecule has 1 aromatic carbocycles. The SMILES string of the molecule is NNC(Cc1ccc2ccccc2n1)c1cncs1. The van der Waals surface area contributed by atoms with Crippen LogP contribution in [0.1, 0.15) is 16.6 Å². The molecule has 3 N–H and O–H groups in total. The van der Waals surface area contributed by atoms with Crippen molar-refractivity contribution in [3.8, 4) is 0 Å². The molecular formula is C14H14N4S. The van der Waals surface area contributed by atoms with Gasteiger partial charge in [-0.1, -0.05) is 24.3 Å². The first-order valence-electron chi connectivity index (χ1n) is 6.06. The third kappa shape index (κ3) is 2.63. The number of nitrogens with zero attached hydrogens (tertiary/aromatic N) is 2. The molecule has 0 radical (unpaired) electrons. The molecule has 0 bridgehead atoms. The molecule has 0 aliphatic carbocycles. The molecule has 0 spiro atoms. The summed E-state index contributed by atoms with van der Waals surface area (Å²) in [6.07, 6.45) is 2.60. The van der Waals surface area contributed by atoms with Crippen molar-refractivity contribution in [3.05, 3.63) is 58.7 Å². The molecule has 19 heavy (non-hydrogen) atoms. The number of hydrogen-bond acceptors (Lipinski definition) is 5. The van der Waals surface area contributed by atoms with Crippen molar-refractivity contribution in [2.75, 3.05) is 0 Å². The van der Waals surface area contributed by atoms with Crippen molar-refractivity contribution >= 4 is 22.2 Å². The van der Waals surface area contributed by atoms with Crippen LogP contribution in [0, 0.1) is 0 Å². The van der Waals surface area contributed by atoms with Crippen LogP contribution in [0.5, 0.6) is 0 Å². The van der Waals surface area contributed by atoms with Gasteiger partial charge in [-0.3, -0.25) is 21.2 Å². The number of rotatable bonds is 4. The van der Waals surface area contributed by atoms with Crippen LogP contribution in [0.4, 0.5) is 0 Å². The Balaban J connectivity index is 1.88. The summed E-state index contributed by atoms with van der Waals surface area (Å²) in [4.78, 5) is 9.87. The van der Waals surface area contributed by atoms with Gasteiger partial charge in [0, 0.05) is 28.6 Å². The Hall–Kier alpha value is -1.82. The number of para-hydroxylation sites is 1. The average molecular weight is 270 g/mol. The van der Waals surface area contributed by atoms with Gasteiger partial charge in [0.25, 0.3) is 0 Å². The van der Waals surface area contributed by atoms with Gasteiger partial charge in [0.15, 0.2) is 0 Å². The maximum Gasteiger partial charge on any atom is 0.0794 e. The van der Waals surface area contributed by atoms with E-state index < -0.39 is 0 Å². The molecule has 2 heterocycles. The maximum absolute atomic E-state index is 5.63. The minimum Gasteiger partial charge on any atom is -0.271 e. The van der Waals surface area contributed by atoms with Gasteiger partial charge in [-0.2, -0.15) is 0 Å². The van der Waals surface area contributed by atoms with E-state index in [1.165, 1.54) is 0 Å². The molecule has 0 saturated heterocycles. The van der Waals surface area contributed by atoms with E-state index in [0.29, 0.717) is 0 Å². The van der Waals surface area contributed by atoms with E-state index in [0.717, 1.165) is 27.9 Å². The van der Waals surface area contributed by atoms with Crippen molar-refractivity contribution in [1.29, 1.82) is 0 Å². The lowest BCUT2D eigenvalue weighted by atomic mass is 10.1. The van der Waals surface area contributed by atoms with Crippen LogP contribution in [-0.4, -0.2) is 9.97 Å². The zero-order valence-corrected chi connectivity index (χ0v) is 11.1. The predicted octanol–water partition coefficient (Wildman–Crippen LogP) is 2.44. The van der Waals surface area contributed by atoms with E-state index in [2.05, 4.69) is 27.5 Å². The Morgan fingerprint density at radius 1 is 1.21 bits per heavy atom. The van der Waals surface area contributed by atoms with E-state index in [4.69, 9.17) is 5.84 Å². The molecule has 0 aliphatic heterocycles. The Morgan fingerprint density at radius 3 is 2.89 bits per heavy atom. The summed E-state index contributed by atoms with van der Waals surface area (Å²) in [6.45, 7) is 0. The highest BCUT2D eigenvalue weighted by atomic mass is 32.1. The summed E-state index contributed by atoms with van der Waals surface area (Å²) in [5.74, 6) is 5.63. The number of nitrogens with one attached hydrogen (secondary N) is 1. The summed E-state index contributed by atoms with van der Waals surface area (Å²) in [7, 11) is 0. The molecule has 0 amide bonds. The number of nitrogens with two attached hydrogens (primary N) is 1. The van der Waals surface area contributed by atoms with E-state index in [-0.39, 0.29) is 6.04 Å². The summed E-state index contributed by atoms with van der Waals surface area (Å²) in [6, 6.07) is 12.3. The Labute approximate surface area is 115 Å². The molecule has 5 heteroatoms. The van der Waals surface area contributed by atoms with Crippen LogP contribution < -0.4 is 11.3 Å². The first-order valence-corrected chi connectivity index (χ1v) is 6.94. The Kier molecular flexibility index (Phi) is 3.50. The highest BCUT2D eigenvalue weighted by Crippen LogP contribution is 2.21. The molecule has 2 aromatic heterocycles. The molecule has 1 atom stereocenters. The topological polar surface area (TPSA) is 63.8 Å². The molecule has 3 rings (SSSR count). The average Bonchev–Trinajstić information content (AvgIpc) is 2.98. The van der Waals surface area contributed by atoms with Crippen LogP contribution >= 0.6 is 11.3 Å². The molecule has 1 unspecified atom stereocenters. The van der Waals surface area contributed by atoms with Crippen LogP contribution in [0.25, 0.3) is 10.9 Å². The highest BCUT2D eigenvalue weighted by Gasteiger charge is 2.13. The van der Waals surface area contributed by atoms with Crippen molar-refractivity contribution < 1.29 is 0 Å². The predicted molar refractivity (Wildman–Crippen MR) is 77.6 cm³/mol. The summed E-state index contributed by atoms with van der Waals surface area (Å²) < 4.78 is 0. The number of pyridine rings is 1. The van der Waals surface area contributed by atoms with Crippen molar-refractivity contribution in [3.63, 3.8) is 0 Å². The van der Waals surface area contributed by atoms with E-state index in [1.54, 1.807) is 11.3 Å². The van der Waals surface area contributed by atoms with E-state index in [1.807, 2.05) is 36.0 Å². The minimum atomic E-state index is 0.0566. The second-order valence-electron chi connectivity index (χ2n) is 4.32. The fourth-order valence-electron chi connectivity index (χ4n) is 2.07. The third-order valence-corrected chi connectivity index (χ3v) is 3.95.